The Labute approximate surface area is 113 Å². The standard InChI is InChI=1S/C10H13N3O7/c1-12(11-18)6-19-9(16)4-5-10(17)20-13-7(14)2-3-8(13)15/h2-6H2,1H3. The molecule has 0 saturated carbocycles. The van der Waals surface area contributed by atoms with Crippen LogP contribution in [0.5, 0.6) is 0 Å². The van der Waals surface area contributed by atoms with E-state index in [2.05, 4.69) is 14.9 Å². The Morgan fingerprint density at radius 2 is 1.75 bits per heavy atom. The van der Waals surface area contributed by atoms with E-state index >= 15 is 0 Å². The van der Waals surface area contributed by atoms with Gasteiger partial charge in [0.25, 0.3) is 11.8 Å². The molecule has 0 unspecified atom stereocenters. The van der Waals surface area contributed by atoms with Crippen LogP contribution in [0.25, 0.3) is 0 Å². The number of nitrogens with zero attached hydrogens (tertiary/aromatic N) is 3. The van der Waals surface area contributed by atoms with Crippen LogP contribution in [0, 0.1) is 4.91 Å². The first-order valence-corrected chi connectivity index (χ1v) is 5.70. The third-order valence-corrected chi connectivity index (χ3v) is 2.28. The van der Waals surface area contributed by atoms with Crippen molar-refractivity contribution in [2.24, 2.45) is 5.29 Å². The number of esters is 1. The maximum atomic E-state index is 11.3. The monoisotopic (exact) mass is 287 g/mol. The van der Waals surface area contributed by atoms with Gasteiger partial charge in [0.15, 0.2) is 6.73 Å². The van der Waals surface area contributed by atoms with E-state index < -0.39 is 23.8 Å². The Morgan fingerprint density at radius 3 is 2.30 bits per heavy atom. The van der Waals surface area contributed by atoms with Gasteiger partial charge < -0.3 is 9.57 Å². The number of carbonyl (C=O) groups is 4. The summed E-state index contributed by atoms with van der Waals surface area (Å²) in [6.45, 7) is -0.333. The molecule has 0 aromatic carbocycles. The number of ether oxygens (including phenoxy) is 1. The zero-order chi connectivity index (χ0) is 15.1. The average Bonchev–Trinajstić information content (AvgIpc) is 2.74. The molecule has 1 saturated heterocycles. The second-order valence-corrected chi connectivity index (χ2v) is 3.93. The predicted octanol–water partition coefficient (Wildman–Crippen LogP) is -0.512. The van der Waals surface area contributed by atoms with Crippen LogP contribution in [0.3, 0.4) is 0 Å². The summed E-state index contributed by atoms with van der Waals surface area (Å²) in [5.74, 6) is -2.82. The molecule has 20 heavy (non-hydrogen) atoms. The molecule has 0 bridgehead atoms. The van der Waals surface area contributed by atoms with E-state index in [1.165, 1.54) is 7.05 Å². The third-order valence-electron chi connectivity index (χ3n) is 2.28. The molecule has 10 heteroatoms. The Morgan fingerprint density at radius 1 is 1.20 bits per heavy atom. The Hall–Kier alpha value is -2.52. The maximum absolute atomic E-state index is 11.3. The molecule has 0 radical (unpaired) electrons. The van der Waals surface area contributed by atoms with E-state index in [-0.39, 0.29) is 32.4 Å². The van der Waals surface area contributed by atoms with E-state index in [0.29, 0.717) is 5.06 Å². The number of hydroxylamine groups is 2. The molecule has 1 heterocycles. The second kappa shape index (κ2) is 7.16. The molecule has 2 amide bonds. The maximum Gasteiger partial charge on any atom is 0.333 e. The lowest BCUT2D eigenvalue weighted by atomic mass is 10.3. The number of carbonyl (C=O) groups excluding carboxylic acids is 4. The zero-order valence-corrected chi connectivity index (χ0v) is 10.7. The smallest absolute Gasteiger partial charge is 0.333 e. The minimum absolute atomic E-state index is 0.000809. The highest BCUT2D eigenvalue weighted by Gasteiger charge is 2.32. The number of nitroso groups, excluding NO2 is 1. The summed E-state index contributed by atoms with van der Waals surface area (Å²) in [7, 11) is 1.30. The molecule has 1 rings (SSSR count). The topological polar surface area (TPSA) is 123 Å². The van der Waals surface area contributed by atoms with E-state index in [9.17, 15) is 24.1 Å². The molecule has 10 nitrogen and oxygen atoms in total. The van der Waals surface area contributed by atoms with Crippen molar-refractivity contribution in [3.63, 3.8) is 0 Å². The highest BCUT2D eigenvalue weighted by atomic mass is 16.7. The number of hydrogen-bond donors (Lipinski definition) is 0. The molecule has 1 fully saturated rings. The molecule has 0 aromatic rings. The van der Waals surface area contributed by atoms with Gasteiger partial charge in [-0.2, -0.15) is 0 Å². The van der Waals surface area contributed by atoms with Gasteiger partial charge in [0, 0.05) is 19.9 Å². The third kappa shape index (κ3) is 4.63. The fourth-order valence-electron chi connectivity index (χ4n) is 1.27. The van der Waals surface area contributed by atoms with Gasteiger partial charge in [-0.25, -0.2) is 9.80 Å². The summed E-state index contributed by atoms with van der Waals surface area (Å²) >= 11 is 0. The van der Waals surface area contributed by atoms with Crippen LogP contribution in [0.2, 0.25) is 0 Å². The molecule has 0 aliphatic carbocycles. The minimum atomic E-state index is -0.896. The molecule has 0 spiro atoms. The van der Waals surface area contributed by atoms with Crippen molar-refractivity contribution in [2.75, 3.05) is 13.8 Å². The van der Waals surface area contributed by atoms with Gasteiger partial charge in [0.2, 0.25) is 0 Å². The van der Waals surface area contributed by atoms with Crippen molar-refractivity contribution in [2.45, 2.75) is 25.7 Å². The number of hydrogen-bond acceptors (Lipinski definition) is 8. The first-order valence-electron chi connectivity index (χ1n) is 5.70. The SMILES string of the molecule is CN(COC(=O)CCC(=O)ON1C(=O)CCC1=O)N=O. The Balaban J connectivity index is 2.26. The Kier molecular flexibility index (Phi) is 5.56. The first-order chi connectivity index (χ1) is 9.43. The number of amides is 2. The van der Waals surface area contributed by atoms with Crippen LogP contribution in [0.1, 0.15) is 25.7 Å². The van der Waals surface area contributed by atoms with Crippen LogP contribution in [0.15, 0.2) is 5.29 Å². The lowest BCUT2D eigenvalue weighted by Crippen LogP contribution is -2.32. The predicted molar refractivity (Wildman–Crippen MR) is 60.9 cm³/mol. The summed E-state index contributed by atoms with van der Waals surface area (Å²) in [5, 5.41) is 3.72. The first kappa shape index (κ1) is 15.5. The summed E-state index contributed by atoms with van der Waals surface area (Å²) in [4.78, 5) is 59.4. The fourth-order valence-corrected chi connectivity index (χ4v) is 1.27. The van der Waals surface area contributed by atoms with E-state index in [1.54, 1.807) is 0 Å². The van der Waals surface area contributed by atoms with Crippen molar-refractivity contribution in [3.8, 4) is 0 Å². The van der Waals surface area contributed by atoms with E-state index in [4.69, 9.17) is 0 Å². The molecule has 0 aromatic heterocycles. The van der Waals surface area contributed by atoms with E-state index in [1.807, 2.05) is 0 Å². The highest BCUT2D eigenvalue weighted by Crippen LogP contribution is 2.13. The summed E-state index contributed by atoms with van der Waals surface area (Å²) < 4.78 is 4.60. The molecule has 110 valence electrons. The van der Waals surface area contributed by atoms with Crippen molar-refractivity contribution in [1.82, 2.24) is 10.1 Å². The lowest BCUT2D eigenvalue weighted by Gasteiger charge is -2.12. The van der Waals surface area contributed by atoms with Gasteiger partial charge in [-0.15, -0.1) is 9.97 Å². The van der Waals surface area contributed by atoms with Gasteiger partial charge >= 0.3 is 11.9 Å². The second-order valence-electron chi connectivity index (χ2n) is 3.93. The van der Waals surface area contributed by atoms with Crippen molar-refractivity contribution >= 4 is 23.8 Å². The normalized spacial score (nSPS) is 14.2. The van der Waals surface area contributed by atoms with Gasteiger partial charge in [0.05, 0.1) is 18.1 Å². The van der Waals surface area contributed by atoms with E-state index in [0.717, 1.165) is 5.01 Å². The van der Waals surface area contributed by atoms with Crippen molar-refractivity contribution in [1.29, 1.82) is 0 Å². The van der Waals surface area contributed by atoms with Crippen LogP contribution in [-0.4, -0.2) is 47.6 Å². The molecule has 1 aliphatic heterocycles. The van der Waals surface area contributed by atoms with Crippen LogP contribution in [-0.2, 0) is 28.8 Å². The summed E-state index contributed by atoms with van der Waals surface area (Å²) in [6, 6.07) is 0. The van der Waals surface area contributed by atoms with Crippen LogP contribution in [0.4, 0.5) is 0 Å². The molecular weight excluding hydrogens is 274 g/mol. The van der Waals surface area contributed by atoms with Gasteiger partial charge in [0.1, 0.15) is 0 Å². The average molecular weight is 287 g/mol. The molecule has 1 aliphatic rings. The van der Waals surface area contributed by atoms with Crippen LogP contribution < -0.4 is 0 Å². The molecule has 0 N–H and O–H groups in total. The van der Waals surface area contributed by atoms with Gasteiger partial charge in [-0.1, -0.05) is 0 Å². The fraction of sp³-hybridized carbons (Fsp3) is 0.600. The molecule has 0 atom stereocenters. The largest absolute Gasteiger partial charge is 0.443 e. The zero-order valence-electron chi connectivity index (χ0n) is 10.7. The minimum Gasteiger partial charge on any atom is -0.443 e. The number of imide groups is 1. The quantitative estimate of drug-likeness (QED) is 0.202. The number of rotatable bonds is 7. The lowest BCUT2D eigenvalue weighted by molar-refractivity contribution is -0.197. The summed E-state index contributed by atoms with van der Waals surface area (Å²) in [5.41, 5.74) is 0. The van der Waals surface area contributed by atoms with Crippen LogP contribution >= 0.6 is 0 Å². The molecular formula is C10H13N3O7. The summed E-state index contributed by atoms with van der Waals surface area (Å²) in [6.07, 6.45) is -0.658. The van der Waals surface area contributed by atoms with Crippen molar-refractivity contribution < 1.29 is 28.8 Å². The van der Waals surface area contributed by atoms with Gasteiger partial charge in [-0.3, -0.25) is 14.4 Å². The van der Waals surface area contributed by atoms with Gasteiger partial charge in [-0.05, 0) is 0 Å². The Bertz CT molecular complexity index is 421. The van der Waals surface area contributed by atoms with Crippen molar-refractivity contribution in [3.05, 3.63) is 4.91 Å². The highest BCUT2D eigenvalue weighted by molar-refractivity contribution is 6.01.